The molecule has 1 aromatic carbocycles. The Balaban J connectivity index is 2.16. The molecule has 116 valence electrons. The van der Waals surface area contributed by atoms with Crippen molar-refractivity contribution in [3.05, 3.63) is 39.9 Å². The number of nitrogens with two attached hydrogens (primary N) is 1. The molecule has 1 saturated heterocycles. The number of nitro benzene ring substituents is 1. The molecule has 0 aliphatic carbocycles. The highest BCUT2D eigenvalue weighted by Crippen LogP contribution is 2.32. The van der Waals surface area contributed by atoms with Gasteiger partial charge in [0.1, 0.15) is 0 Å². The Morgan fingerprint density at radius 1 is 1.52 bits per heavy atom. The van der Waals surface area contributed by atoms with Crippen LogP contribution in [-0.4, -0.2) is 29.0 Å². The zero-order valence-electron chi connectivity index (χ0n) is 12.9. The van der Waals surface area contributed by atoms with E-state index in [-0.39, 0.29) is 16.7 Å². The van der Waals surface area contributed by atoms with Gasteiger partial charge in [0.2, 0.25) is 0 Å². The number of nitro groups is 1. The molecule has 2 N–H and O–H groups in total. The van der Waals surface area contributed by atoms with Crippen molar-refractivity contribution >= 4 is 5.69 Å². The van der Waals surface area contributed by atoms with Gasteiger partial charge in [-0.3, -0.25) is 15.0 Å². The second-order valence-electron chi connectivity index (χ2n) is 5.95. The van der Waals surface area contributed by atoms with Gasteiger partial charge >= 0.3 is 0 Å². The molecule has 2 rings (SSSR count). The van der Waals surface area contributed by atoms with Crippen molar-refractivity contribution in [2.24, 2.45) is 11.7 Å². The minimum atomic E-state index is -0.333. The molecule has 5 heteroatoms. The maximum absolute atomic E-state index is 10.9. The zero-order valence-corrected chi connectivity index (χ0v) is 12.9. The van der Waals surface area contributed by atoms with E-state index < -0.39 is 0 Å². The molecule has 0 aromatic heterocycles. The first-order chi connectivity index (χ1) is 10.1. The number of hydrogen-bond donors (Lipinski definition) is 1. The van der Waals surface area contributed by atoms with Crippen molar-refractivity contribution in [3.8, 4) is 0 Å². The summed E-state index contributed by atoms with van der Waals surface area (Å²) < 4.78 is 0. The van der Waals surface area contributed by atoms with Crippen LogP contribution in [0.1, 0.15) is 44.7 Å². The standard InChI is InChI=1S/C16H25N3O2/c1-3-13-7-8-18(16(9-13)11-17)12(2)14-5-4-6-15(10-14)19(20)21/h4-6,10,12-13,16H,3,7-9,11,17H2,1-2H3. The van der Waals surface area contributed by atoms with Crippen molar-refractivity contribution in [3.63, 3.8) is 0 Å². The molecule has 0 amide bonds. The van der Waals surface area contributed by atoms with E-state index in [1.807, 2.05) is 6.07 Å². The highest BCUT2D eigenvalue weighted by atomic mass is 16.6. The lowest BCUT2D eigenvalue weighted by molar-refractivity contribution is -0.385. The Labute approximate surface area is 126 Å². The molecule has 5 nitrogen and oxygen atoms in total. The molecular formula is C16H25N3O2. The van der Waals surface area contributed by atoms with Crippen LogP contribution in [0.2, 0.25) is 0 Å². The number of non-ortho nitro benzene ring substituents is 1. The van der Waals surface area contributed by atoms with Gasteiger partial charge in [-0.25, -0.2) is 0 Å². The topological polar surface area (TPSA) is 72.4 Å². The summed E-state index contributed by atoms with van der Waals surface area (Å²) in [6.45, 7) is 6.02. The lowest BCUT2D eigenvalue weighted by Crippen LogP contribution is -2.47. The predicted octanol–water partition coefficient (Wildman–Crippen LogP) is 3.11. The van der Waals surface area contributed by atoms with E-state index in [0.29, 0.717) is 12.6 Å². The number of hydrogen-bond acceptors (Lipinski definition) is 4. The van der Waals surface area contributed by atoms with Crippen LogP contribution >= 0.6 is 0 Å². The first-order valence-corrected chi connectivity index (χ1v) is 7.77. The molecular weight excluding hydrogens is 266 g/mol. The van der Waals surface area contributed by atoms with E-state index in [4.69, 9.17) is 5.73 Å². The van der Waals surface area contributed by atoms with Crippen molar-refractivity contribution in [1.82, 2.24) is 4.90 Å². The lowest BCUT2D eigenvalue weighted by Gasteiger charge is -2.42. The third-order valence-electron chi connectivity index (χ3n) is 4.78. The summed E-state index contributed by atoms with van der Waals surface area (Å²) in [6.07, 6.45) is 3.52. The third-order valence-corrected chi connectivity index (χ3v) is 4.78. The number of benzene rings is 1. The maximum Gasteiger partial charge on any atom is 0.269 e. The summed E-state index contributed by atoms with van der Waals surface area (Å²) in [4.78, 5) is 13.0. The Hall–Kier alpha value is -1.46. The van der Waals surface area contributed by atoms with Crippen LogP contribution in [0.3, 0.4) is 0 Å². The fourth-order valence-electron chi connectivity index (χ4n) is 3.35. The average molecular weight is 291 g/mol. The molecule has 3 atom stereocenters. The SMILES string of the molecule is CCC1CCN(C(C)c2cccc([N+](=O)[O-])c2)C(CN)C1. The number of likely N-dealkylation sites (tertiary alicyclic amines) is 1. The average Bonchev–Trinajstić information content (AvgIpc) is 2.53. The molecule has 21 heavy (non-hydrogen) atoms. The smallest absolute Gasteiger partial charge is 0.269 e. The third kappa shape index (κ3) is 3.60. The van der Waals surface area contributed by atoms with Gasteiger partial charge in [-0.05, 0) is 37.8 Å². The van der Waals surface area contributed by atoms with Crippen molar-refractivity contribution in [1.29, 1.82) is 0 Å². The van der Waals surface area contributed by atoms with Crippen LogP contribution in [0.15, 0.2) is 24.3 Å². The largest absolute Gasteiger partial charge is 0.329 e. The summed E-state index contributed by atoms with van der Waals surface area (Å²) in [5.41, 5.74) is 7.11. The molecule has 3 unspecified atom stereocenters. The number of rotatable bonds is 5. The Bertz CT molecular complexity index is 492. The van der Waals surface area contributed by atoms with Gasteiger partial charge < -0.3 is 5.73 Å². The van der Waals surface area contributed by atoms with Gasteiger partial charge in [-0.2, -0.15) is 0 Å². The number of piperidine rings is 1. The van der Waals surface area contributed by atoms with Gasteiger partial charge in [0.05, 0.1) is 4.92 Å². The molecule has 0 radical (unpaired) electrons. The van der Waals surface area contributed by atoms with E-state index in [2.05, 4.69) is 18.7 Å². The maximum atomic E-state index is 10.9. The van der Waals surface area contributed by atoms with E-state index in [0.717, 1.165) is 24.4 Å². The molecule has 1 aliphatic heterocycles. The zero-order chi connectivity index (χ0) is 15.4. The summed E-state index contributed by atoms with van der Waals surface area (Å²) in [5, 5.41) is 10.9. The minimum Gasteiger partial charge on any atom is -0.329 e. The highest BCUT2D eigenvalue weighted by molar-refractivity contribution is 5.35. The molecule has 1 fully saturated rings. The van der Waals surface area contributed by atoms with Crippen LogP contribution in [0, 0.1) is 16.0 Å². The summed E-state index contributed by atoms with van der Waals surface area (Å²) in [5.74, 6) is 0.757. The van der Waals surface area contributed by atoms with Gasteiger partial charge in [0.15, 0.2) is 0 Å². The van der Waals surface area contributed by atoms with Gasteiger partial charge in [-0.15, -0.1) is 0 Å². The molecule has 0 bridgehead atoms. The molecule has 1 heterocycles. The first-order valence-electron chi connectivity index (χ1n) is 7.77. The Kier molecular flexibility index (Phi) is 5.31. The Morgan fingerprint density at radius 2 is 2.29 bits per heavy atom. The van der Waals surface area contributed by atoms with Gasteiger partial charge in [-0.1, -0.05) is 25.5 Å². The van der Waals surface area contributed by atoms with E-state index in [1.165, 1.54) is 12.8 Å². The van der Waals surface area contributed by atoms with E-state index in [1.54, 1.807) is 18.2 Å². The molecule has 1 aliphatic rings. The summed E-state index contributed by atoms with van der Waals surface area (Å²) in [7, 11) is 0. The van der Waals surface area contributed by atoms with Crippen LogP contribution in [0.4, 0.5) is 5.69 Å². The second-order valence-corrected chi connectivity index (χ2v) is 5.95. The fourth-order valence-corrected chi connectivity index (χ4v) is 3.35. The second kappa shape index (κ2) is 7.00. The van der Waals surface area contributed by atoms with E-state index >= 15 is 0 Å². The van der Waals surface area contributed by atoms with Crippen molar-refractivity contribution in [2.75, 3.05) is 13.1 Å². The minimum absolute atomic E-state index is 0.159. The van der Waals surface area contributed by atoms with Crippen molar-refractivity contribution in [2.45, 2.75) is 45.2 Å². The predicted molar refractivity (Wildman–Crippen MR) is 84.1 cm³/mol. The first kappa shape index (κ1) is 15.9. The normalized spacial score (nSPS) is 24.7. The number of nitrogens with zero attached hydrogens (tertiary/aromatic N) is 2. The van der Waals surface area contributed by atoms with Gasteiger partial charge in [0, 0.05) is 30.8 Å². The Morgan fingerprint density at radius 3 is 2.90 bits per heavy atom. The highest BCUT2D eigenvalue weighted by Gasteiger charge is 2.30. The van der Waals surface area contributed by atoms with Crippen LogP contribution in [0.25, 0.3) is 0 Å². The van der Waals surface area contributed by atoms with Crippen LogP contribution in [0.5, 0.6) is 0 Å². The molecule has 1 aromatic rings. The monoisotopic (exact) mass is 291 g/mol. The van der Waals surface area contributed by atoms with Crippen LogP contribution < -0.4 is 5.73 Å². The van der Waals surface area contributed by atoms with Crippen LogP contribution in [-0.2, 0) is 0 Å². The lowest BCUT2D eigenvalue weighted by atomic mass is 9.87. The van der Waals surface area contributed by atoms with Gasteiger partial charge in [0.25, 0.3) is 5.69 Å². The summed E-state index contributed by atoms with van der Waals surface area (Å²) >= 11 is 0. The summed E-state index contributed by atoms with van der Waals surface area (Å²) in [6, 6.07) is 7.50. The molecule has 0 spiro atoms. The van der Waals surface area contributed by atoms with E-state index in [9.17, 15) is 10.1 Å². The van der Waals surface area contributed by atoms with Crippen molar-refractivity contribution < 1.29 is 4.92 Å². The fraction of sp³-hybridized carbons (Fsp3) is 0.625. The quantitative estimate of drug-likeness (QED) is 0.668. The molecule has 0 saturated carbocycles.